The summed E-state index contributed by atoms with van der Waals surface area (Å²) in [5.74, 6) is 0.887. The number of aliphatic hydroxyl groups is 1. The van der Waals surface area contributed by atoms with Crippen LogP contribution in [0.15, 0.2) is 16.7 Å². The van der Waals surface area contributed by atoms with Crippen molar-refractivity contribution in [2.75, 3.05) is 6.61 Å². The lowest BCUT2D eigenvalue weighted by molar-refractivity contribution is 0.287. The first-order valence-electron chi connectivity index (χ1n) is 2.98. The maximum atomic E-state index is 8.50. The fourth-order valence-electron chi connectivity index (χ4n) is 0.762. The van der Waals surface area contributed by atoms with Crippen LogP contribution in [-0.2, 0) is 6.42 Å². The summed E-state index contributed by atoms with van der Waals surface area (Å²) < 4.78 is 5.04. The van der Waals surface area contributed by atoms with E-state index in [1.807, 2.05) is 13.0 Å². The molecule has 2 heteroatoms. The molecule has 0 aliphatic heterocycles. The van der Waals surface area contributed by atoms with E-state index in [4.69, 9.17) is 9.52 Å². The Bertz CT molecular complexity index is 179. The number of aryl methyl sites for hydroxylation is 1. The van der Waals surface area contributed by atoms with Gasteiger partial charge in [-0.25, -0.2) is 0 Å². The Balaban J connectivity index is 2.69. The van der Waals surface area contributed by atoms with Gasteiger partial charge in [0.05, 0.1) is 12.9 Å². The highest BCUT2D eigenvalue weighted by Crippen LogP contribution is 2.07. The van der Waals surface area contributed by atoms with E-state index >= 15 is 0 Å². The topological polar surface area (TPSA) is 33.4 Å². The zero-order valence-corrected chi connectivity index (χ0v) is 5.42. The molecule has 0 saturated heterocycles. The van der Waals surface area contributed by atoms with Crippen LogP contribution in [0.4, 0.5) is 0 Å². The minimum absolute atomic E-state index is 0.161. The number of rotatable bonds is 2. The molecule has 2 nitrogen and oxygen atoms in total. The van der Waals surface area contributed by atoms with Crippen LogP contribution in [0.1, 0.15) is 11.3 Å². The van der Waals surface area contributed by atoms with Gasteiger partial charge in [-0.05, 0) is 18.6 Å². The van der Waals surface area contributed by atoms with Gasteiger partial charge < -0.3 is 9.52 Å². The fourth-order valence-corrected chi connectivity index (χ4v) is 0.762. The smallest absolute Gasteiger partial charge is 0.108 e. The Hall–Kier alpha value is -0.760. The Labute approximate surface area is 54.1 Å². The number of aliphatic hydroxyl groups excluding tert-OH is 1. The van der Waals surface area contributed by atoms with Crippen LogP contribution in [0.5, 0.6) is 0 Å². The first kappa shape index (κ1) is 6.36. The lowest BCUT2D eigenvalue weighted by Gasteiger charge is -1.91. The summed E-state index contributed by atoms with van der Waals surface area (Å²) in [5, 5.41) is 8.50. The molecule has 0 fully saturated rings. The molecule has 0 aliphatic carbocycles. The van der Waals surface area contributed by atoms with Crippen molar-refractivity contribution < 1.29 is 9.52 Å². The van der Waals surface area contributed by atoms with Crippen LogP contribution >= 0.6 is 0 Å². The average Bonchev–Trinajstić information content (AvgIpc) is 2.18. The van der Waals surface area contributed by atoms with E-state index in [1.54, 1.807) is 6.26 Å². The summed E-state index contributed by atoms with van der Waals surface area (Å²) in [6, 6.07) is 1.89. The molecule has 0 amide bonds. The summed E-state index contributed by atoms with van der Waals surface area (Å²) in [6.45, 7) is 2.13. The van der Waals surface area contributed by atoms with Crippen LogP contribution in [0, 0.1) is 6.92 Å². The maximum Gasteiger partial charge on any atom is 0.108 e. The van der Waals surface area contributed by atoms with Crippen LogP contribution in [0.2, 0.25) is 0 Å². The number of furan rings is 1. The summed E-state index contributed by atoms with van der Waals surface area (Å²) in [5.41, 5.74) is 1.11. The van der Waals surface area contributed by atoms with Gasteiger partial charge in [0.2, 0.25) is 0 Å². The van der Waals surface area contributed by atoms with Gasteiger partial charge in [-0.2, -0.15) is 0 Å². The van der Waals surface area contributed by atoms with Crippen molar-refractivity contribution in [1.82, 2.24) is 0 Å². The molecule has 1 N–H and O–H groups in total. The second kappa shape index (κ2) is 2.69. The molecule has 1 aromatic rings. The van der Waals surface area contributed by atoms with Gasteiger partial charge >= 0.3 is 0 Å². The van der Waals surface area contributed by atoms with Gasteiger partial charge in [-0.3, -0.25) is 0 Å². The third-order valence-electron chi connectivity index (χ3n) is 1.31. The zero-order chi connectivity index (χ0) is 6.69. The Morgan fingerprint density at radius 3 is 2.89 bits per heavy atom. The fraction of sp³-hybridized carbons (Fsp3) is 0.429. The van der Waals surface area contributed by atoms with Gasteiger partial charge in [-0.15, -0.1) is 0 Å². The molecule has 1 heterocycles. The maximum absolute atomic E-state index is 8.50. The highest BCUT2D eigenvalue weighted by molar-refractivity contribution is 5.14. The van der Waals surface area contributed by atoms with E-state index in [9.17, 15) is 0 Å². The van der Waals surface area contributed by atoms with Crippen molar-refractivity contribution in [2.45, 2.75) is 13.3 Å². The van der Waals surface area contributed by atoms with Crippen LogP contribution in [0.25, 0.3) is 0 Å². The quantitative estimate of drug-likeness (QED) is 0.644. The van der Waals surface area contributed by atoms with E-state index in [1.165, 1.54) is 0 Å². The predicted octanol–water partition coefficient (Wildman–Crippen LogP) is 1.12. The van der Waals surface area contributed by atoms with Crippen molar-refractivity contribution in [2.24, 2.45) is 0 Å². The lowest BCUT2D eigenvalue weighted by atomic mass is 10.2. The number of hydrogen-bond acceptors (Lipinski definition) is 2. The second-order valence-corrected chi connectivity index (χ2v) is 2.00. The molecule has 0 aromatic carbocycles. The first-order chi connectivity index (χ1) is 4.34. The van der Waals surface area contributed by atoms with Crippen LogP contribution < -0.4 is 0 Å². The van der Waals surface area contributed by atoms with E-state index < -0.39 is 0 Å². The first-order valence-corrected chi connectivity index (χ1v) is 2.98. The molecule has 1 rings (SSSR count). The average molecular weight is 126 g/mol. The highest BCUT2D eigenvalue weighted by atomic mass is 16.3. The van der Waals surface area contributed by atoms with E-state index in [-0.39, 0.29) is 6.61 Å². The molecule has 0 spiro atoms. The molecule has 0 aliphatic rings. The lowest BCUT2D eigenvalue weighted by Crippen LogP contribution is -1.89. The molecule has 50 valence electrons. The minimum Gasteiger partial charge on any atom is -0.469 e. The largest absolute Gasteiger partial charge is 0.469 e. The Morgan fingerprint density at radius 2 is 2.44 bits per heavy atom. The van der Waals surface area contributed by atoms with E-state index in [2.05, 4.69) is 0 Å². The Morgan fingerprint density at radius 1 is 1.67 bits per heavy atom. The molecule has 1 aromatic heterocycles. The SMILES string of the molecule is Cc1ccoc1CCO. The van der Waals surface area contributed by atoms with E-state index in [0.29, 0.717) is 6.42 Å². The summed E-state index contributed by atoms with van der Waals surface area (Å²) in [6.07, 6.45) is 2.26. The van der Waals surface area contributed by atoms with Gasteiger partial charge in [0.1, 0.15) is 5.76 Å². The van der Waals surface area contributed by atoms with Crippen LogP contribution in [-0.4, -0.2) is 11.7 Å². The normalized spacial score (nSPS) is 10.0. The highest BCUT2D eigenvalue weighted by Gasteiger charge is 1.98. The van der Waals surface area contributed by atoms with Crippen LogP contribution in [0.3, 0.4) is 0 Å². The van der Waals surface area contributed by atoms with Gasteiger partial charge in [0, 0.05) is 6.42 Å². The van der Waals surface area contributed by atoms with Crippen molar-refractivity contribution >= 4 is 0 Å². The molecular weight excluding hydrogens is 116 g/mol. The molecule has 0 bridgehead atoms. The monoisotopic (exact) mass is 126 g/mol. The third-order valence-corrected chi connectivity index (χ3v) is 1.31. The molecular formula is C7H10O2. The number of hydrogen-bond donors (Lipinski definition) is 1. The van der Waals surface area contributed by atoms with Gasteiger partial charge in [-0.1, -0.05) is 0 Å². The standard InChI is InChI=1S/C7H10O2/c1-6-3-5-9-7(6)2-4-8/h3,5,8H,2,4H2,1H3. The second-order valence-electron chi connectivity index (χ2n) is 2.00. The van der Waals surface area contributed by atoms with Gasteiger partial charge in [0.25, 0.3) is 0 Å². The summed E-state index contributed by atoms with van der Waals surface area (Å²) in [7, 11) is 0. The molecule has 0 unspecified atom stereocenters. The van der Waals surface area contributed by atoms with Crippen molar-refractivity contribution in [1.29, 1.82) is 0 Å². The molecule has 9 heavy (non-hydrogen) atoms. The molecule has 0 saturated carbocycles. The van der Waals surface area contributed by atoms with Crippen molar-refractivity contribution in [3.63, 3.8) is 0 Å². The zero-order valence-electron chi connectivity index (χ0n) is 5.42. The minimum atomic E-state index is 0.161. The predicted molar refractivity (Wildman–Crippen MR) is 34.2 cm³/mol. The van der Waals surface area contributed by atoms with Gasteiger partial charge in [0.15, 0.2) is 0 Å². The molecule has 0 radical (unpaired) electrons. The summed E-state index contributed by atoms with van der Waals surface area (Å²) in [4.78, 5) is 0. The van der Waals surface area contributed by atoms with E-state index in [0.717, 1.165) is 11.3 Å². The van der Waals surface area contributed by atoms with Crippen molar-refractivity contribution in [3.05, 3.63) is 23.7 Å². The molecule has 0 atom stereocenters. The summed E-state index contributed by atoms with van der Waals surface area (Å²) >= 11 is 0. The van der Waals surface area contributed by atoms with Crippen molar-refractivity contribution in [3.8, 4) is 0 Å². The Kier molecular flexibility index (Phi) is 1.90. The third kappa shape index (κ3) is 1.33.